The lowest BCUT2D eigenvalue weighted by Gasteiger charge is -2.30. The van der Waals surface area contributed by atoms with Crippen molar-refractivity contribution in [1.82, 2.24) is 34.7 Å². The summed E-state index contributed by atoms with van der Waals surface area (Å²) in [6.45, 7) is 4.91. The van der Waals surface area contributed by atoms with E-state index in [-0.39, 0.29) is 11.6 Å². The van der Waals surface area contributed by atoms with Gasteiger partial charge < -0.3 is 5.32 Å². The van der Waals surface area contributed by atoms with Gasteiger partial charge in [0.2, 0.25) is 0 Å². The molecule has 0 bridgehead atoms. The molecule has 0 spiro atoms. The monoisotopic (exact) mass is 415 g/mol. The van der Waals surface area contributed by atoms with E-state index in [9.17, 15) is 4.79 Å². The van der Waals surface area contributed by atoms with E-state index in [1.165, 1.54) is 12.8 Å². The maximum absolute atomic E-state index is 13.2. The van der Waals surface area contributed by atoms with Gasteiger partial charge in [-0.25, -0.2) is 19.2 Å². The molecule has 4 aromatic rings. The zero-order chi connectivity index (χ0) is 21.1. The Bertz CT molecular complexity index is 1370. The van der Waals surface area contributed by atoms with Crippen LogP contribution in [0.15, 0.2) is 35.4 Å². The molecule has 5 heterocycles. The molecule has 0 amide bonds. The highest BCUT2D eigenvalue weighted by Gasteiger charge is 2.35. The molecule has 1 N–H and O–H groups in total. The Morgan fingerprint density at radius 2 is 1.97 bits per heavy atom. The minimum atomic E-state index is -0.0529. The predicted molar refractivity (Wildman–Crippen MR) is 118 cm³/mol. The predicted octanol–water partition coefficient (Wildman–Crippen LogP) is 2.82. The molecule has 2 atom stereocenters. The van der Waals surface area contributed by atoms with E-state index in [0.717, 1.165) is 53.6 Å². The van der Waals surface area contributed by atoms with Crippen LogP contribution in [0.4, 0.5) is 0 Å². The van der Waals surface area contributed by atoms with Crippen molar-refractivity contribution >= 4 is 16.6 Å². The van der Waals surface area contributed by atoms with Crippen LogP contribution < -0.4 is 10.9 Å². The fraction of sp³-hybridized carbons (Fsp3) is 0.435. The summed E-state index contributed by atoms with van der Waals surface area (Å²) in [4.78, 5) is 22.4. The lowest BCUT2D eigenvalue weighted by molar-refractivity contribution is 0.260. The first-order valence-corrected chi connectivity index (χ1v) is 11.0. The van der Waals surface area contributed by atoms with Crippen LogP contribution in [0, 0.1) is 19.8 Å². The Morgan fingerprint density at radius 1 is 1.10 bits per heavy atom. The van der Waals surface area contributed by atoms with Crippen LogP contribution in [0.5, 0.6) is 0 Å². The second kappa shape index (κ2) is 6.95. The number of hydrogen-bond donors (Lipinski definition) is 1. The van der Waals surface area contributed by atoms with E-state index in [4.69, 9.17) is 4.98 Å². The molecule has 0 aromatic carbocycles. The summed E-state index contributed by atoms with van der Waals surface area (Å²) in [6.07, 6.45) is 8.13. The largest absolute Gasteiger partial charge is 0.314 e. The fourth-order valence-corrected chi connectivity index (χ4v) is 4.83. The number of pyridine rings is 1. The number of imidazole rings is 1. The fourth-order valence-electron chi connectivity index (χ4n) is 4.83. The molecule has 1 saturated carbocycles. The van der Waals surface area contributed by atoms with Crippen LogP contribution in [-0.2, 0) is 0 Å². The van der Waals surface area contributed by atoms with Crippen molar-refractivity contribution in [2.75, 3.05) is 6.54 Å². The van der Waals surface area contributed by atoms with Crippen LogP contribution in [0.2, 0.25) is 0 Å². The molecule has 1 aliphatic carbocycles. The Hall–Kier alpha value is -3.13. The van der Waals surface area contributed by atoms with E-state index < -0.39 is 0 Å². The maximum Gasteiger partial charge on any atom is 0.276 e. The molecule has 0 radical (unpaired) electrons. The molecule has 2 aliphatic rings. The number of nitrogens with zero attached hydrogens (tertiary/aromatic N) is 6. The Kier molecular flexibility index (Phi) is 4.17. The number of fused-ring (bicyclic) bond motifs is 2. The van der Waals surface area contributed by atoms with Gasteiger partial charge in [0.05, 0.1) is 40.7 Å². The van der Waals surface area contributed by atoms with Crippen molar-refractivity contribution in [2.24, 2.45) is 5.92 Å². The zero-order valence-electron chi connectivity index (χ0n) is 17.7. The Morgan fingerprint density at radius 3 is 2.81 bits per heavy atom. The van der Waals surface area contributed by atoms with Gasteiger partial charge >= 0.3 is 0 Å². The summed E-state index contributed by atoms with van der Waals surface area (Å²) in [5.41, 5.74) is 4.82. The van der Waals surface area contributed by atoms with Gasteiger partial charge in [0.15, 0.2) is 5.65 Å². The summed E-state index contributed by atoms with van der Waals surface area (Å²) in [7, 11) is 0. The molecule has 0 unspecified atom stereocenters. The molecule has 6 rings (SSSR count). The average molecular weight is 416 g/mol. The maximum atomic E-state index is 13.2. The van der Waals surface area contributed by atoms with Crippen LogP contribution in [0.3, 0.4) is 0 Å². The second-order valence-corrected chi connectivity index (χ2v) is 8.96. The summed E-state index contributed by atoms with van der Waals surface area (Å²) in [5, 5.41) is 13.4. The number of aryl methyl sites for hydroxylation is 2. The number of hydrogen-bond acceptors (Lipinski definition) is 6. The third-order valence-corrected chi connectivity index (χ3v) is 6.61. The van der Waals surface area contributed by atoms with Crippen molar-refractivity contribution in [3.05, 3.63) is 52.2 Å². The van der Waals surface area contributed by atoms with Gasteiger partial charge in [-0.3, -0.25) is 4.79 Å². The van der Waals surface area contributed by atoms with Crippen molar-refractivity contribution in [3.63, 3.8) is 0 Å². The van der Waals surface area contributed by atoms with E-state index in [2.05, 4.69) is 20.5 Å². The van der Waals surface area contributed by atoms with Crippen molar-refractivity contribution < 1.29 is 0 Å². The van der Waals surface area contributed by atoms with Gasteiger partial charge in [-0.2, -0.15) is 10.2 Å². The topological polar surface area (TPSA) is 90.0 Å². The van der Waals surface area contributed by atoms with Crippen LogP contribution in [0.25, 0.3) is 27.9 Å². The molecule has 8 heteroatoms. The van der Waals surface area contributed by atoms with Crippen molar-refractivity contribution in [3.8, 4) is 11.4 Å². The van der Waals surface area contributed by atoms with Crippen LogP contribution in [0.1, 0.15) is 43.0 Å². The van der Waals surface area contributed by atoms with E-state index >= 15 is 0 Å². The number of rotatable bonds is 3. The highest BCUT2D eigenvalue weighted by molar-refractivity contribution is 5.79. The first-order chi connectivity index (χ1) is 15.1. The minimum Gasteiger partial charge on any atom is -0.314 e. The molecular weight excluding hydrogens is 390 g/mol. The number of aromatic nitrogens is 6. The summed E-state index contributed by atoms with van der Waals surface area (Å²) < 4.78 is 3.47. The minimum absolute atomic E-state index is 0.0529. The first-order valence-electron chi connectivity index (χ1n) is 11.0. The van der Waals surface area contributed by atoms with E-state index in [1.54, 1.807) is 15.4 Å². The van der Waals surface area contributed by atoms with Gasteiger partial charge in [0, 0.05) is 6.04 Å². The molecular formula is C23H25N7O. The van der Waals surface area contributed by atoms with E-state index in [1.807, 2.05) is 38.2 Å². The molecule has 2 fully saturated rings. The SMILES string of the molecule is Cc1cn2nc(-c3ccc4c(=O)n([C@@H]5CCN[C@@H](C6CC6)C5)ncc4n3)cc(C)c2n1. The quantitative estimate of drug-likeness (QED) is 0.553. The molecule has 8 nitrogen and oxygen atoms in total. The zero-order valence-corrected chi connectivity index (χ0v) is 17.7. The standard InChI is InChI=1S/C23H25N7O/c1-13-9-20(28-29-12-14(2)26-22(13)29)18-6-5-17-21(27-18)11-25-30(23(17)31)16-7-8-24-19(10-16)15-3-4-15/h5-6,9,11-12,15-16,19,24H,3-4,7-8,10H2,1-2H3/t16-,19-/m1/s1. The Labute approximate surface area is 179 Å². The third kappa shape index (κ3) is 3.22. The molecule has 1 aliphatic heterocycles. The Balaban J connectivity index is 1.37. The summed E-state index contributed by atoms with van der Waals surface area (Å²) in [6, 6.07) is 6.38. The lowest BCUT2D eigenvalue weighted by atomic mass is 9.96. The van der Waals surface area contributed by atoms with Gasteiger partial charge in [0.1, 0.15) is 5.69 Å². The van der Waals surface area contributed by atoms with E-state index in [0.29, 0.717) is 16.9 Å². The molecule has 1 saturated heterocycles. The third-order valence-electron chi connectivity index (χ3n) is 6.61. The van der Waals surface area contributed by atoms with Gasteiger partial charge in [-0.05, 0) is 75.8 Å². The molecule has 158 valence electrons. The average Bonchev–Trinajstić information content (AvgIpc) is 3.55. The van der Waals surface area contributed by atoms with Gasteiger partial charge in [-0.1, -0.05) is 0 Å². The molecule has 31 heavy (non-hydrogen) atoms. The van der Waals surface area contributed by atoms with Crippen molar-refractivity contribution in [2.45, 2.75) is 51.6 Å². The summed E-state index contributed by atoms with van der Waals surface area (Å²) in [5.74, 6) is 0.774. The number of piperidine rings is 1. The highest BCUT2D eigenvalue weighted by atomic mass is 16.1. The first kappa shape index (κ1) is 18.6. The smallest absolute Gasteiger partial charge is 0.276 e. The normalized spacial score (nSPS) is 21.7. The summed E-state index contributed by atoms with van der Waals surface area (Å²) >= 11 is 0. The van der Waals surface area contributed by atoms with Gasteiger partial charge in [-0.15, -0.1) is 0 Å². The molecule has 4 aromatic heterocycles. The van der Waals surface area contributed by atoms with Crippen LogP contribution >= 0.6 is 0 Å². The second-order valence-electron chi connectivity index (χ2n) is 8.96. The highest BCUT2D eigenvalue weighted by Crippen LogP contribution is 2.37. The van der Waals surface area contributed by atoms with Crippen molar-refractivity contribution in [1.29, 1.82) is 0 Å². The van der Waals surface area contributed by atoms with Crippen LogP contribution in [-0.4, -0.2) is 41.9 Å². The lowest BCUT2D eigenvalue weighted by Crippen LogP contribution is -2.42. The van der Waals surface area contributed by atoms with Gasteiger partial charge in [0.25, 0.3) is 5.56 Å². The number of nitrogens with one attached hydrogen (secondary N) is 1.